The summed E-state index contributed by atoms with van der Waals surface area (Å²) in [6, 6.07) is 13.3. The summed E-state index contributed by atoms with van der Waals surface area (Å²) < 4.78 is 0. The zero-order valence-electron chi connectivity index (χ0n) is 12.5. The molecule has 0 radical (unpaired) electrons. The Hall–Kier alpha value is -2.34. The molecule has 4 rings (SSSR count). The average Bonchev–Trinajstić information content (AvgIpc) is 2.75. The van der Waals surface area contributed by atoms with Crippen molar-refractivity contribution in [2.24, 2.45) is 0 Å². The third-order valence-corrected chi connectivity index (χ3v) is 4.66. The van der Waals surface area contributed by atoms with Crippen molar-refractivity contribution in [2.75, 3.05) is 0 Å². The van der Waals surface area contributed by atoms with E-state index in [9.17, 15) is 0 Å². The van der Waals surface area contributed by atoms with Crippen molar-refractivity contribution in [3.05, 3.63) is 70.1 Å². The molecule has 0 heteroatoms. The average molecular weight is 270 g/mol. The molecule has 0 fully saturated rings. The van der Waals surface area contributed by atoms with Crippen molar-refractivity contribution >= 4 is 33.7 Å². The summed E-state index contributed by atoms with van der Waals surface area (Å²) >= 11 is 0. The fourth-order valence-corrected chi connectivity index (χ4v) is 3.68. The van der Waals surface area contributed by atoms with Gasteiger partial charge in [0.05, 0.1) is 0 Å². The molecule has 0 aromatic heterocycles. The molecule has 21 heavy (non-hydrogen) atoms. The van der Waals surface area contributed by atoms with Crippen molar-refractivity contribution < 1.29 is 0 Å². The largest absolute Gasteiger partial charge is 0.0801 e. The van der Waals surface area contributed by atoms with Crippen molar-refractivity contribution in [2.45, 2.75) is 20.3 Å². The predicted molar refractivity (Wildman–Crippen MR) is 92.9 cm³/mol. The van der Waals surface area contributed by atoms with Gasteiger partial charge in [-0.1, -0.05) is 60.7 Å². The second-order valence-corrected chi connectivity index (χ2v) is 5.73. The van der Waals surface area contributed by atoms with Gasteiger partial charge in [-0.15, -0.1) is 0 Å². The Morgan fingerprint density at radius 2 is 1.71 bits per heavy atom. The number of hydrogen-bond acceptors (Lipinski definition) is 0. The Morgan fingerprint density at radius 3 is 2.52 bits per heavy atom. The van der Waals surface area contributed by atoms with Crippen LogP contribution in [0.1, 0.15) is 18.1 Å². The summed E-state index contributed by atoms with van der Waals surface area (Å²) in [5, 5.41) is 8.28. The molecule has 1 aliphatic rings. The zero-order chi connectivity index (χ0) is 14.4. The van der Waals surface area contributed by atoms with Crippen LogP contribution in [0.5, 0.6) is 0 Å². The highest BCUT2D eigenvalue weighted by Crippen LogP contribution is 2.30. The molecule has 0 N–H and O–H groups in total. The minimum absolute atomic E-state index is 1.02. The van der Waals surface area contributed by atoms with Crippen LogP contribution in [-0.4, -0.2) is 0 Å². The fourth-order valence-electron chi connectivity index (χ4n) is 3.68. The number of allylic oxidation sites excluding steroid dienone is 2. The minimum Gasteiger partial charge on any atom is -0.0801 e. The van der Waals surface area contributed by atoms with E-state index < -0.39 is 0 Å². The van der Waals surface area contributed by atoms with E-state index in [-0.39, 0.29) is 0 Å². The van der Waals surface area contributed by atoms with E-state index in [2.05, 4.69) is 74.5 Å². The lowest BCUT2D eigenvalue weighted by molar-refractivity contribution is 1.26. The Morgan fingerprint density at radius 1 is 0.952 bits per heavy atom. The molecule has 0 saturated carbocycles. The molecule has 0 saturated heterocycles. The summed E-state index contributed by atoms with van der Waals surface area (Å²) in [4.78, 5) is 0. The first-order valence-corrected chi connectivity index (χ1v) is 7.57. The summed E-state index contributed by atoms with van der Waals surface area (Å²) in [5.74, 6) is 0. The summed E-state index contributed by atoms with van der Waals surface area (Å²) in [6.07, 6.45) is 9.93. The monoisotopic (exact) mass is 270 g/mol. The summed E-state index contributed by atoms with van der Waals surface area (Å²) in [6.45, 7) is 4.40. The van der Waals surface area contributed by atoms with Crippen LogP contribution in [0.15, 0.2) is 48.6 Å². The number of hydrogen-bond donors (Lipinski definition) is 0. The van der Waals surface area contributed by atoms with Crippen molar-refractivity contribution in [1.82, 2.24) is 0 Å². The maximum absolute atomic E-state index is 2.28. The number of aryl methyl sites for hydroxylation is 1. The highest BCUT2D eigenvalue weighted by atomic mass is 14.2. The first-order valence-electron chi connectivity index (χ1n) is 7.57. The molecule has 0 unspecified atom stereocenters. The Kier molecular flexibility index (Phi) is 2.71. The lowest BCUT2D eigenvalue weighted by Gasteiger charge is -2.14. The standard InChI is InChI=1S/C21H18/c1-3-15-9-6-12-18-19-13-7-10-16-8-4-5-11-17(21(16)19)14(2)20(15)18/h3-10,12-13H,11H2,1-2H3. The minimum atomic E-state index is 1.02. The van der Waals surface area contributed by atoms with E-state index in [1.165, 1.54) is 43.1 Å². The van der Waals surface area contributed by atoms with Crippen LogP contribution < -0.4 is 10.4 Å². The van der Waals surface area contributed by atoms with Gasteiger partial charge in [0.25, 0.3) is 0 Å². The van der Waals surface area contributed by atoms with Crippen LogP contribution in [0.25, 0.3) is 33.7 Å². The maximum Gasteiger partial charge on any atom is -0.00671 e. The van der Waals surface area contributed by atoms with E-state index in [0.29, 0.717) is 0 Å². The summed E-state index contributed by atoms with van der Waals surface area (Å²) in [7, 11) is 0. The molecule has 0 spiro atoms. The lowest BCUT2D eigenvalue weighted by atomic mass is 9.89. The predicted octanol–water partition coefficient (Wildman–Crippen LogP) is 3.99. The molecule has 102 valence electrons. The van der Waals surface area contributed by atoms with Crippen LogP contribution in [0.4, 0.5) is 0 Å². The molecule has 0 heterocycles. The third-order valence-electron chi connectivity index (χ3n) is 4.66. The molecule has 0 nitrogen and oxygen atoms in total. The first kappa shape index (κ1) is 12.4. The van der Waals surface area contributed by atoms with E-state index in [4.69, 9.17) is 0 Å². The van der Waals surface area contributed by atoms with E-state index in [1.54, 1.807) is 0 Å². The van der Waals surface area contributed by atoms with Crippen molar-refractivity contribution in [1.29, 1.82) is 0 Å². The molecule has 3 aromatic rings. The Bertz CT molecular complexity index is 1020. The molecule has 0 bridgehead atoms. The molecule has 1 aliphatic carbocycles. The van der Waals surface area contributed by atoms with Gasteiger partial charge < -0.3 is 0 Å². The van der Waals surface area contributed by atoms with Crippen LogP contribution in [0.3, 0.4) is 0 Å². The van der Waals surface area contributed by atoms with Gasteiger partial charge in [-0.25, -0.2) is 0 Å². The van der Waals surface area contributed by atoms with Crippen LogP contribution in [0.2, 0.25) is 0 Å². The molecular formula is C21H18. The van der Waals surface area contributed by atoms with E-state index in [1.807, 2.05) is 0 Å². The van der Waals surface area contributed by atoms with Gasteiger partial charge in [0.15, 0.2) is 0 Å². The second-order valence-electron chi connectivity index (χ2n) is 5.73. The highest BCUT2D eigenvalue weighted by molar-refractivity contribution is 6.11. The van der Waals surface area contributed by atoms with Crippen molar-refractivity contribution in [3.8, 4) is 0 Å². The Labute approximate surface area is 124 Å². The van der Waals surface area contributed by atoms with E-state index >= 15 is 0 Å². The normalized spacial score (nSPS) is 14.5. The zero-order valence-corrected chi connectivity index (χ0v) is 12.5. The molecular weight excluding hydrogens is 252 g/mol. The third kappa shape index (κ3) is 1.69. The van der Waals surface area contributed by atoms with Gasteiger partial charge in [0.1, 0.15) is 0 Å². The van der Waals surface area contributed by atoms with Gasteiger partial charge in [-0.3, -0.25) is 0 Å². The van der Waals surface area contributed by atoms with Gasteiger partial charge in [0.2, 0.25) is 0 Å². The summed E-state index contributed by atoms with van der Waals surface area (Å²) in [5.41, 5.74) is 2.91. The van der Waals surface area contributed by atoms with Gasteiger partial charge in [-0.2, -0.15) is 0 Å². The first-order chi connectivity index (χ1) is 10.3. The number of rotatable bonds is 0. The van der Waals surface area contributed by atoms with Crippen molar-refractivity contribution in [3.63, 3.8) is 0 Å². The van der Waals surface area contributed by atoms with Crippen LogP contribution in [-0.2, 0) is 6.42 Å². The SMILES string of the molecule is CC=c1cccc2c1c(C)c1c3c(cccc32)=CC=CC1. The fraction of sp³-hybridized carbons (Fsp3) is 0.143. The smallest absolute Gasteiger partial charge is 0.00671 e. The quantitative estimate of drug-likeness (QED) is 0.542. The molecule has 0 atom stereocenters. The van der Waals surface area contributed by atoms with Gasteiger partial charge in [0, 0.05) is 0 Å². The maximum atomic E-state index is 2.28. The molecule has 0 aliphatic heterocycles. The highest BCUT2D eigenvalue weighted by Gasteiger charge is 2.12. The second kappa shape index (κ2) is 4.60. The topological polar surface area (TPSA) is 0 Å². The number of fused-ring (bicyclic) bond motifs is 2. The van der Waals surface area contributed by atoms with Gasteiger partial charge >= 0.3 is 0 Å². The van der Waals surface area contributed by atoms with Crippen LogP contribution >= 0.6 is 0 Å². The Balaban J connectivity index is 2.42. The lowest BCUT2D eigenvalue weighted by Crippen LogP contribution is -2.09. The van der Waals surface area contributed by atoms with Crippen LogP contribution in [0, 0.1) is 6.92 Å². The van der Waals surface area contributed by atoms with Gasteiger partial charge in [-0.05, 0) is 63.4 Å². The number of benzene rings is 3. The molecule has 3 aromatic carbocycles. The van der Waals surface area contributed by atoms with E-state index in [0.717, 1.165) is 6.42 Å². The molecule has 0 amide bonds.